The number of carbonyl (C=O) groups is 4. The molecule has 3 aliphatic heterocycles. The lowest BCUT2D eigenvalue weighted by molar-refractivity contribution is -0.159. The van der Waals surface area contributed by atoms with E-state index in [0.717, 1.165) is 94.5 Å². The second-order valence-electron chi connectivity index (χ2n) is 12.9. The van der Waals surface area contributed by atoms with E-state index in [1.54, 1.807) is 26.2 Å². The first kappa shape index (κ1) is 43.7. The standard InChI is InChI=1S/C34H44N2O7.C2H2O4.3H2O/c1-23(38)25-7-9-28(31(19-25)39-2)40-18-6-15-36-16-11-24(12-17-36)30-20-27-26(32(41-30)21-35-22-37)8-10-29-33(27)43-34(42-29)13-4-3-5-14-34;3-1(4)2(5)6;;;/h7-10,19,22,24,30,32H,3-6,11-18,20-21H2,1-2H3,(H,35,37);(H,3,4)(H,5,6);3*1H2/t30-,32-;;;;/m1..../s1. The molecule has 2 aromatic carbocycles. The highest BCUT2D eigenvalue weighted by Crippen LogP contribution is 2.51. The number of benzene rings is 2. The molecule has 16 nitrogen and oxygen atoms in total. The van der Waals surface area contributed by atoms with Gasteiger partial charge in [-0.2, -0.15) is 0 Å². The minimum atomic E-state index is -1.82. The maximum Gasteiger partial charge on any atom is 0.414 e. The monoisotopic (exact) mass is 736 g/mol. The molecule has 1 spiro atoms. The molecule has 2 aromatic rings. The predicted molar refractivity (Wildman–Crippen MR) is 187 cm³/mol. The van der Waals surface area contributed by atoms with Crippen LogP contribution in [0.4, 0.5) is 0 Å². The van der Waals surface area contributed by atoms with Crippen LogP contribution < -0.4 is 24.3 Å². The van der Waals surface area contributed by atoms with Crippen molar-refractivity contribution < 1.29 is 69.5 Å². The van der Waals surface area contributed by atoms with Crippen molar-refractivity contribution in [3.8, 4) is 23.0 Å². The number of carboxylic acids is 2. The molecule has 9 N–H and O–H groups in total. The number of ketones is 1. The maximum absolute atomic E-state index is 11.7. The second kappa shape index (κ2) is 19.9. The Bertz CT molecular complexity index is 1490. The number of carbonyl (C=O) groups excluding carboxylic acids is 2. The van der Waals surface area contributed by atoms with Gasteiger partial charge in [0.05, 0.1) is 19.8 Å². The summed E-state index contributed by atoms with van der Waals surface area (Å²) in [6.45, 7) is 5.56. The molecular formula is C36H52N2O14. The Labute approximate surface area is 302 Å². The first-order valence-corrected chi connectivity index (χ1v) is 17.0. The van der Waals surface area contributed by atoms with Crippen molar-refractivity contribution in [2.45, 2.75) is 82.7 Å². The van der Waals surface area contributed by atoms with Gasteiger partial charge in [0, 0.05) is 43.5 Å². The minimum Gasteiger partial charge on any atom is -0.493 e. The van der Waals surface area contributed by atoms with Gasteiger partial charge in [0.15, 0.2) is 28.8 Å². The summed E-state index contributed by atoms with van der Waals surface area (Å²) < 4.78 is 31.2. The molecule has 6 rings (SSSR count). The van der Waals surface area contributed by atoms with E-state index < -0.39 is 17.7 Å². The fraction of sp³-hybridized carbons (Fsp3) is 0.556. The number of piperidine rings is 1. The highest BCUT2D eigenvalue weighted by atomic mass is 16.7. The highest BCUT2D eigenvalue weighted by Gasteiger charge is 2.46. The Hall–Kier alpha value is -4.48. The smallest absolute Gasteiger partial charge is 0.414 e. The molecule has 16 heteroatoms. The van der Waals surface area contributed by atoms with Crippen LogP contribution in [-0.4, -0.2) is 107 Å². The molecule has 1 saturated heterocycles. The number of hydrogen-bond acceptors (Lipinski definition) is 10. The fourth-order valence-electron chi connectivity index (χ4n) is 7.18. The van der Waals surface area contributed by atoms with Gasteiger partial charge in [-0.25, -0.2) is 9.59 Å². The van der Waals surface area contributed by atoms with Crippen LogP contribution in [0.5, 0.6) is 23.0 Å². The van der Waals surface area contributed by atoms with Crippen LogP contribution in [0.25, 0.3) is 0 Å². The number of fused-ring (bicyclic) bond motifs is 3. The van der Waals surface area contributed by atoms with E-state index in [0.29, 0.717) is 36.1 Å². The van der Waals surface area contributed by atoms with E-state index in [-0.39, 0.29) is 34.4 Å². The molecule has 2 fully saturated rings. The summed E-state index contributed by atoms with van der Waals surface area (Å²) in [5.74, 6) is -0.728. The van der Waals surface area contributed by atoms with Gasteiger partial charge in [0.25, 0.3) is 5.79 Å². The Kier molecular flexibility index (Phi) is 16.8. The van der Waals surface area contributed by atoms with Gasteiger partial charge >= 0.3 is 11.9 Å². The van der Waals surface area contributed by atoms with Gasteiger partial charge in [-0.15, -0.1) is 0 Å². The molecule has 0 aromatic heterocycles. The lowest BCUT2D eigenvalue weighted by Crippen LogP contribution is -2.43. The van der Waals surface area contributed by atoms with Gasteiger partial charge in [0.2, 0.25) is 6.41 Å². The number of nitrogens with zero attached hydrogens (tertiary/aromatic N) is 1. The summed E-state index contributed by atoms with van der Waals surface area (Å²) in [6.07, 6.45) is 9.78. The van der Waals surface area contributed by atoms with Crippen LogP contribution in [-0.2, 0) is 25.5 Å². The van der Waals surface area contributed by atoms with Crippen LogP contribution in [0.2, 0.25) is 0 Å². The van der Waals surface area contributed by atoms with E-state index in [1.165, 1.54) is 12.0 Å². The summed E-state index contributed by atoms with van der Waals surface area (Å²) >= 11 is 0. The van der Waals surface area contributed by atoms with Crippen molar-refractivity contribution in [1.29, 1.82) is 0 Å². The van der Waals surface area contributed by atoms with Crippen LogP contribution in [0, 0.1) is 5.92 Å². The largest absolute Gasteiger partial charge is 0.493 e. The normalized spacial score (nSPS) is 19.9. The molecule has 290 valence electrons. The molecule has 1 amide bonds. The predicted octanol–water partition coefficient (Wildman–Crippen LogP) is 1.92. The molecule has 2 atom stereocenters. The SMILES string of the molecule is COc1cc(C(C)=O)ccc1OCCCN1CCC([C@H]2Cc3c(ccc4c3OC3(CCCCC3)O4)[C@@H](CNC=O)O2)CC1.O.O.O.O=C(O)C(=O)O. The van der Waals surface area contributed by atoms with Crippen molar-refractivity contribution >= 4 is 24.1 Å². The number of hydrogen-bond donors (Lipinski definition) is 3. The zero-order valence-electron chi connectivity index (χ0n) is 29.6. The number of Topliss-reactive ketones (excluding diaryl/α,β-unsaturated/α-hetero) is 1. The quantitative estimate of drug-likeness (QED) is 0.129. The number of amides is 1. The summed E-state index contributed by atoms with van der Waals surface area (Å²) in [7, 11) is 1.59. The van der Waals surface area contributed by atoms with Crippen LogP contribution in [0.15, 0.2) is 30.3 Å². The molecule has 0 bridgehead atoms. The number of aliphatic carboxylic acids is 2. The third-order valence-electron chi connectivity index (χ3n) is 9.73. The third kappa shape index (κ3) is 10.5. The summed E-state index contributed by atoms with van der Waals surface area (Å²) in [5.41, 5.74) is 2.91. The van der Waals surface area contributed by atoms with Crippen molar-refractivity contribution in [2.24, 2.45) is 5.92 Å². The van der Waals surface area contributed by atoms with Gasteiger partial charge in [-0.1, -0.05) is 12.5 Å². The molecule has 1 saturated carbocycles. The molecule has 52 heavy (non-hydrogen) atoms. The summed E-state index contributed by atoms with van der Waals surface area (Å²) in [4.78, 5) is 43.5. The lowest BCUT2D eigenvalue weighted by Gasteiger charge is -2.40. The first-order valence-electron chi connectivity index (χ1n) is 17.0. The molecule has 4 aliphatic rings. The van der Waals surface area contributed by atoms with E-state index in [4.69, 9.17) is 43.5 Å². The van der Waals surface area contributed by atoms with Gasteiger partial charge in [-0.3, -0.25) is 9.59 Å². The number of carboxylic acid groups (broad SMARTS) is 2. The number of likely N-dealkylation sites (tertiary alicyclic amines) is 1. The van der Waals surface area contributed by atoms with E-state index in [9.17, 15) is 9.59 Å². The van der Waals surface area contributed by atoms with Crippen molar-refractivity contribution in [3.05, 3.63) is 47.0 Å². The van der Waals surface area contributed by atoms with Crippen LogP contribution in [0.3, 0.4) is 0 Å². The number of methoxy groups -OCH3 is 1. The Morgan fingerprint density at radius 2 is 1.67 bits per heavy atom. The van der Waals surface area contributed by atoms with Gasteiger partial charge < -0.3 is 60.5 Å². The summed E-state index contributed by atoms with van der Waals surface area (Å²) in [6, 6.07) is 9.44. The third-order valence-corrected chi connectivity index (χ3v) is 9.73. The van der Waals surface area contributed by atoms with E-state index in [1.807, 2.05) is 12.1 Å². The van der Waals surface area contributed by atoms with Crippen molar-refractivity contribution in [2.75, 3.05) is 39.9 Å². The summed E-state index contributed by atoms with van der Waals surface area (Å²) in [5, 5.41) is 17.6. The topological polar surface area (TPSA) is 265 Å². The average molecular weight is 737 g/mol. The zero-order valence-corrected chi connectivity index (χ0v) is 29.6. The maximum atomic E-state index is 11.7. The van der Waals surface area contributed by atoms with Crippen molar-refractivity contribution in [1.82, 2.24) is 10.2 Å². The zero-order chi connectivity index (χ0) is 35.0. The number of ether oxygens (including phenoxy) is 5. The van der Waals surface area contributed by atoms with Crippen LogP contribution in [0.1, 0.15) is 85.9 Å². The molecule has 3 heterocycles. The Morgan fingerprint density at radius 3 is 2.29 bits per heavy atom. The highest BCUT2D eigenvalue weighted by molar-refractivity contribution is 6.27. The first-order chi connectivity index (χ1) is 23.6. The molecule has 0 unspecified atom stereocenters. The van der Waals surface area contributed by atoms with Gasteiger partial charge in [-0.05, 0) is 87.9 Å². The minimum absolute atomic E-state index is 0. The lowest BCUT2D eigenvalue weighted by atomic mass is 9.83. The number of rotatable bonds is 11. The average Bonchev–Trinajstić information content (AvgIpc) is 3.47. The van der Waals surface area contributed by atoms with Crippen molar-refractivity contribution in [3.63, 3.8) is 0 Å². The second-order valence-corrected chi connectivity index (χ2v) is 12.9. The molecular weight excluding hydrogens is 684 g/mol. The molecule has 0 radical (unpaired) electrons. The van der Waals surface area contributed by atoms with Gasteiger partial charge in [0.1, 0.15) is 6.10 Å². The Morgan fingerprint density at radius 1 is 0.981 bits per heavy atom. The van der Waals surface area contributed by atoms with E-state index in [2.05, 4.69) is 16.3 Å². The van der Waals surface area contributed by atoms with E-state index >= 15 is 0 Å². The number of nitrogens with one attached hydrogen (secondary N) is 1. The fourth-order valence-corrected chi connectivity index (χ4v) is 7.18. The van der Waals surface area contributed by atoms with Crippen LogP contribution >= 0.6 is 0 Å². The Balaban J connectivity index is 0.000000961. The molecule has 1 aliphatic carbocycles.